The molecule has 0 unspecified atom stereocenters. The molecular weight excluding hydrogens is 280 g/mol. The lowest BCUT2D eigenvalue weighted by atomic mass is 10.1. The molecule has 2 aromatic rings. The highest BCUT2D eigenvalue weighted by molar-refractivity contribution is 9.10. The minimum Gasteiger partial charge on any atom is -0.396 e. The fourth-order valence-electron chi connectivity index (χ4n) is 1.41. The van der Waals surface area contributed by atoms with E-state index >= 15 is 0 Å². The molecule has 0 bridgehead atoms. The van der Waals surface area contributed by atoms with Gasteiger partial charge < -0.3 is 11.1 Å². The van der Waals surface area contributed by atoms with Crippen LogP contribution in [0.15, 0.2) is 41.1 Å². The van der Waals surface area contributed by atoms with Crippen LogP contribution in [0.25, 0.3) is 0 Å². The van der Waals surface area contributed by atoms with E-state index in [0.29, 0.717) is 16.9 Å². The highest BCUT2D eigenvalue weighted by Crippen LogP contribution is 2.26. The van der Waals surface area contributed by atoms with Crippen LogP contribution in [0, 0.1) is 11.3 Å². The quantitative estimate of drug-likeness (QED) is 0.833. The second-order valence-electron chi connectivity index (χ2n) is 3.40. The molecule has 3 N–H and O–H groups in total. The topological polar surface area (TPSA) is 74.7 Å². The van der Waals surface area contributed by atoms with Gasteiger partial charge in [-0.15, -0.1) is 0 Å². The Morgan fingerprint density at radius 3 is 2.88 bits per heavy atom. The molecule has 0 atom stereocenters. The molecule has 0 aliphatic rings. The SMILES string of the molecule is N#Cc1cccc(Nc2cncc(Br)c2)c1N. The summed E-state index contributed by atoms with van der Waals surface area (Å²) in [5.74, 6) is 0. The molecule has 17 heavy (non-hydrogen) atoms. The van der Waals surface area contributed by atoms with Crippen LogP contribution in [0.2, 0.25) is 0 Å². The minimum absolute atomic E-state index is 0.440. The average Bonchev–Trinajstić information content (AvgIpc) is 2.32. The number of nitriles is 1. The van der Waals surface area contributed by atoms with Crippen LogP contribution >= 0.6 is 15.9 Å². The predicted octanol–water partition coefficient (Wildman–Crippen LogP) is 3.04. The maximum absolute atomic E-state index is 8.88. The number of nitrogen functional groups attached to an aromatic ring is 1. The third-order valence-electron chi connectivity index (χ3n) is 2.21. The van der Waals surface area contributed by atoms with Gasteiger partial charge in [0.15, 0.2) is 0 Å². The number of aromatic nitrogens is 1. The molecule has 1 heterocycles. The van der Waals surface area contributed by atoms with Crippen LogP contribution in [0.3, 0.4) is 0 Å². The fraction of sp³-hybridized carbons (Fsp3) is 0. The summed E-state index contributed by atoms with van der Waals surface area (Å²) in [4.78, 5) is 4.04. The maximum atomic E-state index is 8.88. The standard InChI is InChI=1S/C12H9BrN4/c13-9-4-10(7-16-6-9)17-11-3-1-2-8(5-14)12(11)15/h1-4,6-7,17H,15H2. The van der Waals surface area contributed by atoms with E-state index in [1.54, 1.807) is 24.5 Å². The molecular formula is C12H9BrN4. The van der Waals surface area contributed by atoms with Crippen molar-refractivity contribution in [3.05, 3.63) is 46.7 Å². The fourth-order valence-corrected chi connectivity index (χ4v) is 1.77. The monoisotopic (exact) mass is 288 g/mol. The van der Waals surface area contributed by atoms with Crippen molar-refractivity contribution in [1.82, 2.24) is 4.98 Å². The summed E-state index contributed by atoms with van der Waals surface area (Å²) in [6.07, 6.45) is 3.38. The van der Waals surface area contributed by atoms with E-state index < -0.39 is 0 Å². The summed E-state index contributed by atoms with van der Waals surface area (Å²) in [5, 5.41) is 12.0. The zero-order chi connectivity index (χ0) is 12.3. The van der Waals surface area contributed by atoms with Crippen LogP contribution < -0.4 is 11.1 Å². The molecule has 0 aliphatic heterocycles. The number of rotatable bonds is 2. The van der Waals surface area contributed by atoms with Gasteiger partial charge in [0, 0.05) is 10.7 Å². The van der Waals surface area contributed by atoms with Crippen LogP contribution in [0.5, 0.6) is 0 Å². The molecule has 4 nitrogen and oxygen atoms in total. The summed E-state index contributed by atoms with van der Waals surface area (Å²) in [6.45, 7) is 0. The Balaban J connectivity index is 2.34. The first-order valence-corrected chi connectivity index (χ1v) is 5.66. The van der Waals surface area contributed by atoms with Gasteiger partial charge >= 0.3 is 0 Å². The number of hydrogen-bond acceptors (Lipinski definition) is 4. The van der Waals surface area contributed by atoms with Crippen molar-refractivity contribution in [2.45, 2.75) is 0 Å². The molecule has 84 valence electrons. The van der Waals surface area contributed by atoms with Gasteiger partial charge in [-0.1, -0.05) is 6.07 Å². The number of hydrogen-bond donors (Lipinski definition) is 2. The van der Waals surface area contributed by atoms with E-state index in [1.807, 2.05) is 18.2 Å². The molecule has 0 saturated heterocycles. The Morgan fingerprint density at radius 2 is 2.18 bits per heavy atom. The van der Waals surface area contributed by atoms with E-state index in [9.17, 15) is 0 Å². The van der Waals surface area contributed by atoms with Gasteiger partial charge in [0.25, 0.3) is 0 Å². The second kappa shape index (κ2) is 4.85. The molecule has 0 fully saturated rings. The largest absolute Gasteiger partial charge is 0.396 e. The Bertz CT molecular complexity index is 589. The lowest BCUT2D eigenvalue weighted by Gasteiger charge is -2.09. The number of para-hydroxylation sites is 1. The third kappa shape index (κ3) is 2.55. The van der Waals surface area contributed by atoms with Crippen molar-refractivity contribution < 1.29 is 0 Å². The Morgan fingerprint density at radius 1 is 1.35 bits per heavy atom. The average molecular weight is 289 g/mol. The molecule has 0 amide bonds. The Hall–Kier alpha value is -2.06. The van der Waals surface area contributed by atoms with E-state index in [-0.39, 0.29) is 0 Å². The van der Waals surface area contributed by atoms with Gasteiger partial charge in [-0.05, 0) is 34.1 Å². The van der Waals surface area contributed by atoms with Crippen LogP contribution in [0.1, 0.15) is 5.56 Å². The summed E-state index contributed by atoms with van der Waals surface area (Å²) >= 11 is 3.34. The Kier molecular flexibility index (Phi) is 3.26. The van der Waals surface area contributed by atoms with Crippen LogP contribution in [-0.4, -0.2) is 4.98 Å². The summed E-state index contributed by atoms with van der Waals surface area (Å²) in [6, 6.07) is 9.20. The number of nitrogens with zero attached hydrogens (tertiary/aromatic N) is 2. The van der Waals surface area contributed by atoms with Crippen molar-refractivity contribution in [3.63, 3.8) is 0 Å². The number of nitrogens with one attached hydrogen (secondary N) is 1. The van der Waals surface area contributed by atoms with E-state index in [4.69, 9.17) is 11.0 Å². The summed E-state index contributed by atoms with van der Waals surface area (Å²) in [5.41, 5.74) is 8.26. The van der Waals surface area contributed by atoms with Gasteiger partial charge in [-0.25, -0.2) is 0 Å². The second-order valence-corrected chi connectivity index (χ2v) is 4.31. The Labute approximate surface area is 107 Å². The van der Waals surface area contributed by atoms with Crippen molar-refractivity contribution in [2.24, 2.45) is 0 Å². The smallest absolute Gasteiger partial charge is 0.101 e. The van der Waals surface area contributed by atoms with Crippen molar-refractivity contribution in [1.29, 1.82) is 5.26 Å². The zero-order valence-corrected chi connectivity index (χ0v) is 10.4. The van der Waals surface area contributed by atoms with Gasteiger partial charge in [0.2, 0.25) is 0 Å². The lowest BCUT2D eigenvalue weighted by molar-refractivity contribution is 1.30. The van der Waals surface area contributed by atoms with Crippen LogP contribution in [-0.2, 0) is 0 Å². The van der Waals surface area contributed by atoms with Crippen molar-refractivity contribution >= 4 is 33.0 Å². The molecule has 0 spiro atoms. The minimum atomic E-state index is 0.440. The lowest BCUT2D eigenvalue weighted by Crippen LogP contribution is -1.98. The predicted molar refractivity (Wildman–Crippen MR) is 70.8 cm³/mol. The molecule has 0 saturated carbocycles. The maximum Gasteiger partial charge on any atom is 0.101 e. The number of pyridine rings is 1. The highest BCUT2D eigenvalue weighted by atomic mass is 79.9. The molecule has 1 aromatic carbocycles. The van der Waals surface area contributed by atoms with Gasteiger partial charge in [0.1, 0.15) is 6.07 Å². The van der Waals surface area contributed by atoms with Gasteiger partial charge in [-0.2, -0.15) is 5.26 Å². The molecule has 1 aromatic heterocycles. The molecule has 2 rings (SSSR count). The number of anilines is 3. The van der Waals surface area contributed by atoms with Gasteiger partial charge in [0.05, 0.1) is 28.8 Å². The molecule has 0 aliphatic carbocycles. The van der Waals surface area contributed by atoms with E-state index in [0.717, 1.165) is 10.2 Å². The zero-order valence-electron chi connectivity index (χ0n) is 8.81. The molecule has 5 heteroatoms. The summed E-state index contributed by atoms with van der Waals surface area (Å²) < 4.78 is 0.873. The number of benzene rings is 1. The first kappa shape index (κ1) is 11.4. The first-order valence-electron chi connectivity index (χ1n) is 4.87. The first-order chi connectivity index (χ1) is 8.20. The number of nitrogens with two attached hydrogens (primary N) is 1. The normalized spacial score (nSPS) is 9.65. The van der Waals surface area contributed by atoms with E-state index in [2.05, 4.69) is 26.2 Å². The van der Waals surface area contributed by atoms with Crippen molar-refractivity contribution in [2.75, 3.05) is 11.1 Å². The summed E-state index contributed by atoms with van der Waals surface area (Å²) in [7, 11) is 0. The highest BCUT2D eigenvalue weighted by Gasteiger charge is 2.04. The van der Waals surface area contributed by atoms with E-state index in [1.165, 1.54) is 0 Å². The third-order valence-corrected chi connectivity index (χ3v) is 2.64. The van der Waals surface area contributed by atoms with Crippen molar-refractivity contribution in [3.8, 4) is 6.07 Å². The van der Waals surface area contributed by atoms with Gasteiger partial charge in [-0.3, -0.25) is 4.98 Å². The molecule has 0 radical (unpaired) electrons. The van der Waals surface area contributed by atoms with Crippen LogP contribution in [0.4, 0.5) is 17.1 Å². The number of halogens is 1.